The lowest BCUT2D eigenvalue weighted by Gasteiger charge is -2.28. The van der Waals surface area contributed by atoms with Crippen LogP contribution in [0.25, 0.3) is 0 Å². The molecule has 1 aliphatic rings. The van der Waals surface area contributed by atoms with Crippen molar-refractivity contribution < 1.29 is 23.4 Å². The zero-order valence-electron chi connectivity index (χ0n) is 12.3. The number of rotatable bonds is 6. The van der Waals surface area contributed by atoms with E-state index in [2.05, 4.69) is 10.1 Å². The fourth-order valence-corrected chi connectivity index (χ4v) is 2.79. The molecule has 1 aliphatic carbocycles. The molecule has 1 aromatic rings. The van der Waals surface area contributed by atoms with Gasteiger partial charge in [0.15, 0.2) is 0 Å². The van der Waals surface area contributed by atoms with Crippen LogP contribution in [-0.2, 0) is 11.2 Å². The van der Waals surface area contributed by atoms with Gasteiger partial charge in [0.2, 0.25) is 5.91 Å². The Labute approximate surface area is 128 Å². The average Bonchev–Trinajstić information content (AvgIpc) is 2.47. The maximum absolute atomic E-state index is 12.2. The molecule has 0 bridgehead atoms. The second-order valence-corrected chi connectivity index (χ2v) is 5.67. The lowest BCUT2D eigenvalue weighted by Crippen LogP contribution is -2.38. The number of benzene rings is 1. The van der Waals surface area contributed by atoms with Gasteiger partial charge in [-0.15, -0.1) is 0 Å². The Balaban J connectivity index is 1.82. The first-order valence-corrected chi connectivity index (χ1v) is 7.51. The van der Waals surface area contributed by atoms with Crippen molar-refractivity contribution in [3.05, 3.63) is 29.8 Å². The van der Waals surface area contributed by atoms with E-state index in [9.17, 15) is 13.6 Å². The van der Waals surface area contributed by atoms with Gasteiger partial charge in [0, 0.05) is 12.6 Å². The molecule has 0 aliphatic heterocycles. The van der Waals surface area contributed by atoms with E-state index < -0.39 is 6.61 Å². The number of carbonyl (C=O) groups is 1. The third kappa shape index (κ3) is 5.26. The quantitative estimate of drug-likeness (QED) is 0.848. The summed E-state index contributed by atoms with van der Waals surface area (Å²) in [6, 6.07) is 6.32. The molecule has 0 radical (unpaired) electrons. The molecule has 0 unspecified atom stereocenters. The van der Waals surface area contributed by atoms with Gasteiger partial charge in [0.05, 0.1) is 6.42 Å². The zero-order valence-corrected chi connectivity index (χ0v) is 12.3. The van der Waals surface area contributed by atoms with Gasteiger partial charge in [-0.1, -0.05) is 12.1 Å². The monoisotopic (exact) mass is 313 g/mol. The van der Waals surface area contributed by atoms with Gasteiger partial charge < -0.3 is 15.2 Å². The Hall–Kier alpha value is -1.69. The summed E-state index contributed by atoms with van der Waals surface area (Å²) >= 11 is 0. The summed E-state index contributed by atoms with van der Waals surface area (Å²) in [6.07, 6.45) is 3.70. The van der Waals surface area contributed by atoms with Crippen LogP contribution in [0.3, 0.4) is 0 Å². The van der Waals surface area contributed by atoms with Crippen LogP contribution in [-0.4, -0.2) is 30.3 Å². The fourth-order valence-electron chi connectivity index (χ4n) is 2.79. The minimum absolute atomic E-state index is 0.0590. The van der Waals surface area contributed by atoms with Crippen LogP contribution < -0.4 is 10.1 Å². The second-order valence-electron chi connectivity index (χ2n) is 5.67. The van der Waals surface area contributed by atoms with Gasteiger partial charge in [-0.05, 0) is 49.3 Å². The van der Waals surface area contributed by atoms with Crippen LogP contribution in [0.4, 0.5) is 8.78 Å². The second kappa shape index (κ2) is 8.08. The van der Waals surface area contributed by atoms with E-state index in [-0.39, 0.29) is 30.7 Å². The first kappa shape index (κ1) is 16.7. The number of amides is 1. The Bertz CT molecular complexity index is 488. The van der Waals surface area contributed by atoms with Gasteiger partial charge in [-0.2, -0.15) is 8.78 Å². The normalized spacial score (nSPS) is 21.6. The standard InChI is InChI=1S/C16H21F2NO3/c17-16(18)22-14-3-1-2-12(8-14)9-15(21)19-13-6-4-11(10-20)5-7-13/h1-3,8,11,13,16,20H,4-7,9-10H2,(H,19,21). The highest BCUT2D eigenvalue weighted by molar-refractivity contribution is 5.79. The molecule has 0 heterocycles. The lowest BCUT2D eigenvalue weighted by molar-refractivity contribution is -0.121. The molecular weight excluding hydrogens is 292 g/mol. The third-order valence-corrected chi connectivity index (χ3v) is 3.96. The molecule has 4 nitrogen and oxygen atoms in total. The third-order valence-electron chi connectivity index (χ3n) is 3.96. The van der Waals surface area contributed by atoms with Crippen LogP contribution in [0.2, 0.25) is 0 Å². The number of aliphatic hydroxyl groups is 1. The van der Waals surface area contributed by atoms with Crippen molar-refractivity contribution in [1.29, 1.82) is 0 Å². The van der Waals surface area contributed by atoms with Crippen molar-refractivity contribution in [2.45, 2.75) is 44.8 Å². The van der Waals surface area contributed by atoms with Crippen LogP contribution in [0.1, 0.15) is 31.2 Å². The Morgan fingerprint density at radius 3 is 2.68 bits per heavy atom. The summed E-state index contributed by atoms with van der Waals surface area (Å²) in [5.41, 5.74) is 0.639. The molecule has 1 saturated carbocycles. The maximum atomic E-state index is 12.2. The van der Waals surface area contributed by atoms with E-state index in [4.69, 9.17) is 5.11 Å². The zero-order chi connectivity index (χ0) is 15.9. The number of aliphatic hydroxyl groups excluding tert-OH is 1. The van der Waals surface area contributed by atoms with Crippen molar-refractivity contribution in [3.8, 4) is 5.75 Å². The number of carbonyl (C=O) groups excluding carboxylic acids is 1. The predicted molar refractivity (Wildman–Crippen MR) is 77.8 cm³/mol. The summed E-state index contributed by atoms with van der Waals surface area (Å²) < 4.78 is 28.7. The summed E-state index contributed by atoms with van der Waals surface area (Å²) in [6.45, 7) is -2.66. The molecule has 2 N–H and O–H groups in total. The molecule has 0 atom stereocenters. The van der Waals surface area contributed by atoms with Crippen LogP contribution in [0, 0.1) is 5.92 Å². The minimum atomic E-state index is -2.87. The van der Waals surface area contributed by atoms with Crippen molar-refractivity contribution >= 4 is 5.91 Å². The Kier molecular flexibility index (Phi) is 6.12. The van der Waals surface area contributed by atoms with Crippen LogP contribution in [0.15, 0.2) is 24.3 Å². The van der Waals surface area contributed by atoms with E-state index in [1.807, 2.05) is 0 Å². The molecule has 6 heteroatoms. The summed E-state index contributed by atoms with van der Waals surface area (Å²) in [4.78, 5) is 12.0. The van der Waals surface area contributed by atoms with E-state index in [1.165, 1.54) is 12.1 Å². The molecule has 122 valence electrons. The van der Waals surface area contributed by atoms with Crippen molar-refractivity contribution in [1.82, 2.24) is 5.32 Å². The van der Waals surface area contributed by atoms with E-state index in [1.54, 1.807) is 12.1 Å². The van der Waals surface area contributed by atoms with E-state index in [0.717, 1.165) is 25.7 Å². The van der Waals surface area contributed by atoms with Gasteiger partial charge in [0.25, 0.3) is 0 Å². The molecule has 0 spiro atoms. The van der Waals surface area contributed by atoms with Crippen molar-refractivity contribution in [2.75, 3.05) is 6.61 Å². The van der Waals surface area contributed by atoms with Crippen molar-refractivity contribution in [3.63, 3.8) is 0 Å². The Morgan fingerprint density at radius 1 is 1.32 bits per heavy atom. The number of hydrogen-bond donors (Lipinski definition) is 2. The molecule has 2 rings (SSSR count). The molecule has 1 fully saturated rings. The highest BCUT2D eigenvalue weighted by Gasteiger charge is 2.21. The number of ether oxygens (including phenoxy) is 1. The summed E-state index contributed by atoms with van der Waals surface area (Å²) in [5.74, 6) is 0.279. The molecule has 1 aromatic carbocycles. The fraction of sp³-hybridized carbons (Fsp3) is 0.562. The van der Waals surface area contributed by atoms with Gasteiger partial charge in [-0.3, -0.25) is 4.79 Å². The first-order chi connectivity index (χ1) is 10.6. The van der Waals surface area contributed by atoms with Crippen LogP contribution in [0.5, 0.6) is 5.75 Å². The van der Waals surface area contributed by atoms with Gasteiger partial charge in [0.1, 0.15) is 5.75 Å². The number of hydrogen-bond acceptors (Lipinski definition) is 3. The number of halogens is 2. The predicted octanol–water partition coefficient (Wildman–Crippen LogP) is 2.50. The maximum Gasteiger partial charge on any atom is 0.387 e. The van der Waals surface area contributed by atoms with E-state index >= 15 is 0 Å². The summed E-state index contributed by atoms with van der Waals surface area (Å²) in [7, 11) is 0. The van der Waals surface area contributed by atoms with Gasteiger partial charge >= 0.3 is 6.61 Å². The van der Waals surface area contributed by atoms with E-state index in [0.29, 0.717) is 11.5 Å². The summed E-state index contributed by atoms with van der Waals surface area (Å²) in [5, 5.41) is 12.1. The minimum Gasteiger partial charge on any atom is -0.435 e. The molecular formula is C16H21F2NO3. The number of alkyl halides is 2. The number of nitrogens with one attached hydrogen (secondary N) is 1. The Morgan fingerprint density at radius 2 is 2.05 bits per heavy atom. The smallest absolute Gasteiger partial charge is 0.387 e. The molecule has 0 aromatic heterocycles. The van der Waals surface area contributed by atoms with Gasteiger partial charge in [-0.25, -0.2) is 0 Å². The van der Waals surface area contributed by atoms with Crippen LogP contribution >= 0.6 is 0 Å². The highest BCUT2D eigenvalue weighted by atomic mass is 19.3. The largest absolute Gasteiger partial charge is 0.435 e. The average molecular weight is 313 g/mol. The molecule has 22 heavy (non-hydrogen) atoms. The molecule has 1 amide bonds. The molecule has 0 saturated heterocycles. The van der Waals surface area contributed by atoms with Crippen molar-refractivity contribution in [2.24, 2.45) is 5.92 Å². The topological polar surface area (TPSA) is 58.6 Å². The first-order valence-electron chi connectivity index (χ1n) is 7.51. The SMILES string of the molecule is O=C(Cc1cccc(OC(F)F)c1)NC1CCC(CO)CC1. The highest BCUT2D eigenvalue weighted by Crippen LogP contribution is 2.24. The lowest BCUT2D eigenvalue weighted by atomic mass is 9.86.